The number of aldehydes is 1. The number of anilines is 2. The van der Waals surface area contributed by atoms with Gasteiger partial charge in [-0.1, -0.05) is 83.9 Å². The van der Waals surface area contributed by atoms with E-state index in [0.717, 1.165) is 84.6 Å². The minimum atomic E-state index is -0.136. The number of nitrogens with one attached hydrogen (secondary N) is 1. The van der Waals surface area contributed by atoms with E-state index in [0.29, 0.717) is 92.3 Å². The lowest BCUT2D eigenvalue weighted by Gasteiger charge is -2.26. The fraction of sp³-hybridized carbons (Fsp3) is 0.176. The van der Waals surface area contributed by atoms with E-state index in [4.69, 9.17) is 25.9 Å². The van der Waals surface area contributed by atoms with E-state index in [1.165, 1.54) is 0 Å². The molecule has 438 valence electrons. The van der Waals surface area contributed by atoms with Crippen LogP contribution in [0.3, 0.4) is 0 Å². The number of H-pyrrole nitrogens is 1. The first-order valence-corrected chi connectivity index (χ1v) is 28.5. The van der Waals surface area contributed by atoms with E-state index in [9.17, 15) is 24.0 Å². The van der Waals surface area contributed by atoms with Crippen molar-refractivity contribution >= 4 is 40.8 Å². The number of pyridine rings is 2. The summed E-state index contributed by atoms with van der Waals surface area (Å²) in [5.74, 6) is 0.971. The number of morpholine rings is 2. The van der Waals surface area contributed by atoms with Gasteiger partial charge in [-0.3, -0.25) is 32.7 Å². The maximum absolute atomic E-state index is 13.5. The van der Waals surface area contributed by atoms with E-state index >= 15 is 0 Å². The quantitative estimate of drug-likeness (QED) is 0.109. The van der Waals surface area contributed by atoms with Crippen molar-refractivity contribution < 1.29 is 23.9 Å². The molecule has 19 nitrogen and oxygen atoms in total. The zero-order valence-corrected chi connectivity index (χ0v) is 48.6. The van der Waals surface area contributed by atoms with E-state index in [1.54, 1.807) is 84.6 Å². The number of rotatable bonds is 10. The standard InChI is InChI=1S/C34H30N6O3.C22H21N5O.C12H13NO3/c1-22-6-12-26(13-7-22)39-16-17-40(34(39)42)29-5-3-4-27(23(29)2)28-14-15-35-32-30(28)36-31(37-32)24-8-10-25(11-9-24)33(41)38-18-20-43-21-19-38;1-14-6-8-16(9-7-14)26-12-13-27(22(26)28)19-5-3-4-17(15(19)2)18-10-11-25-21(24)20(18)23;14-9-10-1-3-11(4-2-10)12(15)13-5-7-16-8-6-13/h3-17H,18-21H2,1-2H3,(H,35,36,37);3-13H,23H2,1-2H3,(H2,24,25);1-4,9H,5-8H2. The van der Waals surface area contributed by atoms with Crippen LogP contribution in [-0.2, 0) is 9.47 Å². The number of carbonyl (C=O) groups is 3. The van der Waals surface area contributed by atoms with Crippen molar-refractivity contribution in [3.05, 3.63) is 243 Å². The molecule has 6 aromatic carbocycles. The number of fused-ring (bicyclic) bond motifs is 1. The second kappa shape index (κ2) is 25.6. The molecular weight excluding hydrogens is 1100 g/mol. The van der Waals surface area contributed by atoms with E-state index in [-0.39, 0.29) is 23.2 Å². The van der Waals surface area contributed by atoms with Gasteiger partial charge < -0.3 is 35.7 Å². The van der Waals surface area contributed by atoms with Gasteiger partial charge in [-0.25, -0.2) is 24.5 Å². The van der Waals surface area contributed by atoms with Crippen LogP contribution in [0.15, 0.2) is 192 Å². The van der Waals surface area contributed by atoms with Gasteiger partial charge >= 0.3 is 11.4 Å². The van der Waals surface area contributed by atoms with E-state index in [1.807, 2.05) is 154 Å². The lowest BCUT2D eigenvalue weighted by atomic mass is 9.98. The highest BCUT2D eigenvalue weighted by Crippen LogP contribution is 2.35. The zero-order chi connectivity index (χ0) is 60.7. The number of nitrogens with zero attached hydrogens (tertiary/aromatic N) is 9. The van der Waals surface area contributed by atoms with Crippen LogP contribution in [0.25, 0.3) is 67.6 Å². The number of aromatic nitrogens is 8. The number of ether oxygens (including phenoxy) is 2. The Kier molecular flexibility index (Phi) is 17.1. The maximum Gasteiger partial charge on any atom is 0.337 e. The van der Waals surface area contributed by atoms with Gasteiger partial charge in [-0.2, -0.15) is 0 Å². The number of aromatic amines is 1. The number of nitrogen functional groups attached to an aromatic ring is 2. The van der Waals surface area contributed by atoms with Crippen molar-refractivity contribution in [1.82, 2.24) is 48.0 Å². The summed E-state index contributed by atoms with van der Waals surface area (Å²) in [6, 6.07) is 45.4. The number of carbonyl (C=O) groups excluding carboxylic acids is 3. The number of imidazole rings is 3. The molecule has 0 radical (unpaired) electrons. The Morgan fingerprint density at radius 3 is 1.46 bits per heavy atom. The molecule has 2 aliphatic rings. The van der Waals surface area contributed by atoms with Crippen LogP contribution in [0.2, 0.25) is 0 Å². The Labute approximate surface area is 501 Å². The Bertz CT molecular complexity index is 4410. The van der Waals surface area contributed by atoms with Gasteiger partial charge in [0.25, 0.3) is 11.8 Å². The molecule has 0 bridgehead atoms. The van der Waals surface area contributed by atoms with Crippen molar-refractivity contribution in [2.24, 2.45) is 0 Å². The van der Waals surface area contributed by atoms with Crippen LogP contribution in [0.1, 0.15) is 53.3 Å². The third-order valence-corrected chi connectivity index (χ3v) is 15.6. The highest BCUT2D eigenvalue weighted by atomic mass is 16.5. The molecule has 0 unspecified atom stereocenters. The van der Waals surface area contributed by atoms with Gasteiger partial charge in [-0.05, 0) is 123 Å². The SMILES string of the molecule is Cc1ccc(-n2ccn(-c3cccc(-c4ccnc(N)c4N)c3C)c2=O)cc1.Cc1ccc(-n2ccn(-c3cccc(-c4ccnc5nc(-c6ccc(C(=O)N7CCOCC7)cc6)[nH]c45)c3C)c2=O)cc1.O=Cc1ccc(C(=O)N2CCOCC2)cc1. The van der Waals surface area contributed by atoms with Crippen molar-refractivity contribution in [2.75, 3.05) is 64.1 Å². The lowest BCUT2D eigenvalue weighted by molar-refractivity contribution is 0.0301. The van der Waals surface area contributed by atoms with Gasteiger partial charge in [0.05, 0.1) is 60.4 Å². The van der Waals surface area contributed by atoms with Crippen LogP contribution in [0.5, 0.6) is 0 Å². The number of nitrogens with two attached hydrogens (primary N) is 2. The van der Waals surface area contributed by atoms with Gasteiger partial charge in [0.1, 0.15) is 17.9 Å². The molecule has 7 heterocycles. The molecule has 2 saturated heterocycles. The van der Waals surface area contributed by atoms with Crippen LogP contribution >= 0.6 is 0 Å². The third kappa shape index (κ3) is 12.3. The first-order chi connectivity index (χ1) is 42.3. The summed E-state index contributed by atoms with van der Waals surface area (Å²) in [6.07, 6.45) is 11.3. The summed E-state index contributed by atoms with van der Waals surface area (Å²) >= 11 is 0. The molecule has 5 N–H and O–H groups in total. The molecular formula is C68H64N12O7. The molecule has 19 heteroatoms. The first kappa shape index (κ1) is 58.0. The summed E-state index contributed by atoms with van der Waals surface area (Å²) in [5, 5.41) is 0. The van der Waals surface area contributed by atoms with Crippen molar-refractivity contribution in [2.45, 2.75) is 27.7 Å². The second-order valence-corrected chi connectivity index (χ2v) is 21.1. The van der Waals surface area contributed by atoms with E-state index in [2.05, 4.69) is 15.0 Å². The number of aryl methyl sites for hydroxylation is 2. The molecule has 87 heavy (non-hydrogen) atoms. The maximum atomic E-state index is 13.5. The summed E-state index contributed by atoms with van der Waals surface area (Å²) in [5.41, 5.74) is 27.3. The number of benzene rings is 6. The summed E-state index contributed by atoms with van der Waals surface area (Å²) in [6.45, 7) is 12.8. The second-order valence-electron chi connectivity index (χ2n) is 21.1. The van der Waals surface area contributed by atoms with E-state index < -0.39 is 0 Å². The smallest absolute Gasteiger partial charge is 0.337 e. The van der Waals surface area contributed by atoms with Crippen LogP contribution in [0, 0.1) is 27.7 Å². The molecule has 0 atom stereocenters. The fourth-order valence-electron chi connectivity index (χ4n) is 10.6. The average Bonchev–Trinajstić information content (AvgIpc) is 2.20. The molecule has 0 aliphatic carbocycles. The summed E-state index contributed by atoms with van der Waals surface area (Å²) in [4.78, 5) is 82.2. The molecule has 2 fully saturated rings. The van der Waals surface area contributed by atoms with Crippen molar-refractivity contribution in [1.29, 1.82) is 0 Å². The van der Waals surface area contributed by atoms with Crippen molar-refractivity contribution in [3.63, 3.8) is 0 Å². The van der Waals surface area contributed by atoms with Crippen molar-refractivity contribution in [3.8, 4) is 56.4 Å². The highest BCUT2D eigenvalue weighted by Gasteiger charge is 2.22. The highest BCUT2D eigenvalue weighted by molar-refractivity contribution is 5.96. The number of amides is 2. The average molecular weight is 1160 g/mol. The number of hydrogen-bond acceptors (Lipinski definition) is 12. The minimum Gasteiger partial charge on any atom is -0.395 e. The Balaban J connectivity index is 0.000000152. The Morgan fingerprint density at radius 2 is 0.966 bits per heavy atom. The molecule has 0 spiro atoms. The zero-order valence-electron chi connectivity index (χ0n) is 48.6. The van der Waals surface area contributed by atoms with Gasteiger partial charge in [0.15, 0.2) is 5.65 Å². The lowest BCUT2D eigenvalue weighted by Crippen LogP contribution is -2.40. The number of hydrogen-bond donors (Lipinski definition) is 3. The Hall–Kier alpha value is -10.8. The molecule has 2 aliphatic heterocycles. The van der Waals surface area contributed by atoms with Gasteiger partial charge in [0.2, 0.25) is 0 Å². The fourth-order valence-corrected chi connectivity index (χ4v) is 10.6. The summed E-state index contributed by atoms with van der Waals surface area (Å²) < 4.78 is 17.1. The minimum absolute atomic E-state index is 0.000693. The molecule has 13 rings (SSSR count). The monoisotopic (exact) mass is 1160 g/mol. The van der Waals surface area contributed by atoms with Gasteiger partial charge in [0, 0.05) is 96.7 Å². The van der Waals surface area contributed by atoms with Gasteiger partial charge in [-0.15, -0.1) is 0 Å². The van der Waals surface area contributed by atoms with Crippen LogP contribution < -0.4 is 22.8 Å². The predicted molar refractivity (Wildman–Crippen MR) is 337 cm³/mol. The van der Waals surface area contributed by atoms with Crippen LogP contribution in [0.4, 0.5) is 11.5 Å². The molecule has 5 aromatic heterocycles. The largest absolute Gasteiger partial charge is 0.395 e. The normalized spacial score (nSPS) is 13.1. The Morgan fingerprint density at radius 1 is 0.517 bits per heavy atom. The first-order valence-electron chi connectivity index (χ1n) is 28.5. The topological polar surface area (TPSA) is 237 Å². The molecule has 11 aromatic rings. The van der Waals surface area contributed by atoms with Crippen LogP contribution in [-0.4, -0.2) is 119 Å². The molecule has 0 saturated carbocycles. The predicted octanol–water partition coefficient (Wildman–Crippen LogP) is 9.77. The summed E-state index contributed by atoms with van der Waals surface area (Å²) in [7, 11) is 0. The molecule has 2 amide bonds. The third-order valence-electron chi connectivity index (χ3n) is 15.6.